The fourth-order valence-electron chi connectivity index (χ4n) is 1.52. The zero-order valence-electron chi connectivity index (χ0n) is 8.05. The minimum Gasteiger partial charge on any atom is -0.313 e. The molecule has 0 aliphatic carbocycles. The van der Waals surface area contributed by atoms with Crippen LogP contribution in [0.2, 0.25) is 0 Å². The summed E-state index contributed by atoms with van der Waals surface area (Å²) in [4.78, 5) is 0. The smallest absolute Gasteiger partial charge is 0.0191 e. The SMILES string of the molecule is C/C=C/CCNC1CCSC1C. The standard InChI is InChI=1S/C10H19NS/c1-3-4-5-7-11-10-6-8-12-9(10)2/h3-4,9-11H,5-8H2,1-2H3/b4-3+. The third-order valence-corrected chi connectivity index (χ3v) is 3.66. The molecular formula is C10H19NS. The molecule has 2 atom stereocenters. The van der Waals surface area contributed by atoms with Crippen molar-refractivity contribution in [1.29, 1.82) is 0 Å². The predicted molar refractivity (Wildman–Crippen MR) is 57.8 cm³/mol. The molecule has 0 radical (unpaired) electrons. The Morgan fingerprint density at radius 2 is 2.42 bits per heavy atom. The largest absolute Gasteiger partial charge is 0.313 e. The zero-order chi connectivity index (χ0) is 8.81. The van der Waals surface area contributed by atoms with Crippen LogP contribution in [0.3, 0.4) is 0 Å². The molecule has 0 aromatic rings. The molecule has 1 aliphatic heterocycles. The first-order valence-electron chi connectivity index (χ1n) is 4.80. The lowest BCUT2D eigenvalue weighted by Gasteiger charge is -2.15. The first-order valence-corrected chi connectivity index (χ1v) is 5.85. The minimum atomic E-state index is 0.764. The van der Waals surface area contributed by atoms with Gasteiger partial charge in [0.1, 0.15) is 0 Å². The maximum atomic E-state index is 3.59. The summed E-state index contributed by atoms with van der Waals surface area (Å²) in [5.41, 5.74) is 0. The van der Waals surface area contributed by atoms with Gasteiger partial charge < -0.3 is 5.32 Å². The lowest BCUT2D eigenvalue weighted by molar-refractivity contribution is 0.519. The van der Waals surface area contributed by atoms with E-state index in [4.69, 9.17) is 0 Å². The van der Waals surface area contributed by atoms with Crippen LogP contribution in [0.25, 0.3) is 0 Å². The maximum Gasteiger partial charge on any atom is 0.0191 e. The maximum absolute atomic E-state index is 3.59. The second kappa shape index (κ2) is 5.65. The molecule has 12 heavy (non-hydrogen) atoms. The zero-order valence-corrected chi connectivity index (χ0v) is 8.86. The van der Waals surface area contributed by atoms with Crippen molar-refractivity contribution < 1.29 is 0 Å². The highest BCUT2D eigenvalue weighted by molar-refractivity contribution is 8.00. The van der Waals surface area contributed by atoms with Crippen molar-refractivity contribution in [2.75, 3.05) is 12.3 Å². The Hall–Kier alpha value is 0.0500. The fourth-order valence-corrected chi connectivity index (χ4v) is 2.74. The summed E-state index contributed by atoms with van der Waals surface area (Å²) >= 11 is 2.09. The van der Waals surface area contributed by atoms with Crippen molar-refractivity contribution in [2.24, 2.45) is 0 Å². The Labute approximate surface area is 80.0 Å². The van der Waals surface area contributed by atoms with Crippen molar-refractivity contribution in [3.63, 3.8) is 0 Å². The van der Waals surface area contributed by atoms with Crippen LogP contribution in [0.5, 0.6) is 0 Å². The van der Waals surface area contributed by atoms with Crippen molar-refractivity contribution in [3.05, 3.63) is 12.2 Å². The molecular weight excluding hydrogens is 166 g/mol. The number of thioether (sulfide) groups is 1. The first-order chi connectivity index (χ1) is 5.84. The van der Waals surface area contributed by atoms with Crippen LogP contribution < -0.4 is 5.32 Å². The van der Waals surface area contributed by atoms with Crippen LogP contribution in [0, 0.1) is 0 Å². The molecule has 0 spiro atoms. The Morgan fingerprint density at radius 1 is 1.58 bits per heavy atom. The van der Waals surface area contributed by atoms with Gasteiger partial charge in [-0.1, -0.05) is 19.1 Å². The fraction of sp³-hybridized carbons (Fsp3) is 0.800. The van der Waals surface area contributed by atoms with E-state index in [2.05, 4.69) is 43.1 Å². The number of allylic oxidation sites excluding steroid dienone is 1. The van der Waals surface area contributed by atoms with E-state index in [1.54, 1.807) is 0 Å². The number of hydrogen-bond acceptors (Lipinski definition) is 2. The number of nitrogens with one attached hydrogen (secondary N) is 1. The summed E-state index contributed by atoms with van der Waals surface area (Å²) in [6, 6.07) is 0.764. The molecule has 2 heteroatoms. The van der Waals surface area contributed by atoms with Gasteiger partial charge in [-0.2, -0.15) is 11.8 Å². The summed E-state index contributed by atoms with van der Waals surface area (Å²) in [5, 5.41) is 4.41. The van der Waals surface area contributed by atoms with Crippen molar-refractivity contribution in [3.8, 4) is 0 Å². The van der Waals surface area contributed by atoms with Gasteiger partial charge in [0.25, 0.3) is 0 Å². The van der Waals surface area contributed by atoms with E-state index in [1.807, 2.05) is 0 Å². The van der Waals surface area contributed by atoms with Crippen LogP contribution in [-0.4, -0.2) is 23.6 Å². The lowest BCUT2D eigenvalue weighted by Crippen LogP contribution is -2.33. The summed E-state index contributed by atoms with van der Waals surface area (Å²) in [7, 11) is 0. The van der Waals surface area contributed by atoms with E-state index in [1.165, 1.54) is 18.6 Å². The van der Waals surface area contributed by atoms with Crippen LogP contribution >= 0.6 is 11.8 Å². The third kappa shape index (κ3) is 3.20. The summed E-state index contributed by atoms with van der Waals surface area (Å²) in [5.74, 6) is 1.34. The second-order valence-electron chi connectivity index (χ2n) is 3.28. The van der Waals surface area contributed by atoms with Crippen molar-refractivity contribution >= 4 is 11.8 Å². The number of rotatable bonds is 4. The van der Waals surface area contributed by atoms with Crippen LogP contribution in [-0.2, 0) is 0 Å². The molecule has 0 saturated carbocycles. The molecule has 1 aliphatic rings. The third-order valence-electron chi connectivity index (χ3n) is 2.33. The predicted octanol–water partition coefficient (Wildman–Crippen LogP) is 2.44. The van der Waals surface area contributed by atoms with Gasteiger partial charge in [0.15, 0.2) is 0 Å². The van der Waals surface area contributed by atoms with Crippen molar-refractivity contribution in [2.45, 2.75) is 38.0 Å². The highest BCUT2D eigenvalue weighted by Crippen LogP contribution is 2.25. The topological polar surface area (TPSA) is 12.0 Å². The van der Waals surface area contributed by atoms with Crippen LogP contribution in [0.4, 0.5) is 0 Å². The highest BCUT2D eigenvalue weighted by Gasteiger charge is 2.22. The van der Waals surface area contributed by atoms with E-state index < -0.39 is 0 Å². The number of hydrogen-bond donors (Lipinski definition) is 1. The van der Waals surface area contributed by atoms with Gasteiger partial charge in [0, 0.05) is 11.3 Å². The molecule has 1 saturated heterocycles. The summed E-state index contributed by atoms with van der Waals surface area (Å²) < 4.78 is 0. The molecule has 1 heterocycles. The van der Waals surface area contributed by atoms with E-state index in [0.717, 1.165) is 17.8 Å². The van der Waals surface area contributed by atoms with Gasteiger partial charge in [-0.15, -0.1) is 0 Å². The van der Waals surface area contributed by atoms with Crippen LogP contribution in [0.1, 0.15) is 26.7 Å². The van der Waals surface area contributed by atoms with Gasteiger partial charge >= 0.3 is 0 Å². The summed E-state index contributed by atoms with van der Waals surface area (Å²) in [6.07, 6.45) is 6.86. The van der Waals surface area contributed by atoms with E-state index in [0.29, 0.717) is 0 Å². The van der Waals surface area contributed by atoms with Gasteiger partial charge in [0.05, 0.1) is 0 Å². The van der Waals surface area contributed by atoms with E-state index >= 15 is 0 Å². The Morgan fingerprint density at radius 3 is 3.00 bits per heavy atom. The summed E-state index contributed by atoms with van der Waals surface area (Å²) in [6.45, 7) is 5.54. The van der Waals surface area contributed by atoms with E-state index in [-0.39, 0.29) is 0 Å². The Kier molecular flexibility index (Phi) is 4.77. The van der Waals surface area contributed by atoms with E-state index in [9.17, 15) is 0 Å². The molecule has 1 nitrogen and oxygen atoms in total. The van der Waals surface area contributed by atoms with Gasteiger partial charge in [-0.05, 0) is 32.1 Å². The van der Waals surface area contributed by atoms with Crippen LogP contribution in [0.15, 0.2) is 12.2 Å². The molecule has 0 amide bonds. The minimum absolute atomic E-state index is 0.764. The van der Waals surface area contributed by atoms with Crippen molar-refractivity contribution in [1.82, 2.24) is 5.32 Å². The quantitative estimate of drug-likeness (QED) is 0.533. The Bertz CT molecular complexity index is 145. The van der Waals surface area contributed by atoms with Gasteiger partial charge in [0.2, 0.25) is 0 Å². The molecule has 0 aromatic carbocycles. The normalized spacial score (nSPS) is 30.2. The average molecular weight is 185 g/mol. The Balaban J connectivity index is 2.06. The average Bonchev–Trinajstić information content (AvgIpc) is 2.46. The second-order valence-corrected chi connectivity index (χ2v) is 4.77. The van der Waals surface area contributed by atoms with Gasteiger partial charge in [-0.25, -0.2) is 0 Å². The molecule has 0 aromatic heterocycles. The highest BCUT2D eigenvalue weighted by atomic mass is 32.2. The molecule has 0 bridgehead atoms. The molecule has 1 fully saturated rings. The van der Waals surface area contributed by atoms with Gasteiger partial charge in [-0.3, -0.25) is 0 Å². The lowest BCUT2D eigenvalue weighted by atomic mass is 10.1. The molecule has 1 N–H and O–H groups in total. The molecule has 70 valence electrons. The molecule has 2 unspecified atom stereocenters. The first kappa shape index (κ1) is 10.1. The molecule has 1 rings (SSSR count). The monoisotopic (exact) mass is 185 g/mol.